The highest BCUT2D eigenvalue weighted by Crippen LogP contribution is 2.21. The number of ether oxygens (including phenoxy) is 1. The van der Waals surface area contributed by atoms with Gasteiger partial charge < -0.3 is 15.4 Å². The molecule has 5 heteroatoms. The second kappa shape index (κ2) is 5.71. The Morgan fingerprint density at radius 2 is 2.28 bits per heavy atom. The lowest BCUT2D eigenvalue weighted by atomic mass is 9.98. The van der Waals surface area contributed by atoms with Crippen LogP contribution in [0.1, 0.15) is 19.8 Å². The maximum absolute atomic E-state index is 11.2. The summed E-state index contributed by atoms with van der Waals surface area (Å²) >= 11 is 0. The van der Waals surface area contributed by atoms with Gasteiger partial charge in [0.25, 0.3) is 0 Å². The number of hydrogen-bond donors (Lipinski definition) is 1. The van der Waals surface area contributed by atoms with E-state index in [-0.39, 0.29) is 5.91 Å². The van der Waals surface area contributed by atoms with Gasteiger partial charge in [-0.1, -0.05) is 0 Å². The number of aromatic nitrogens is 1. The van der Waals surface area contributed by atoms with Gasteiger partial charge in [0.2, 0.25) is 11.8 Å². The van der Waals surface area contributed by atoms with Crippen LogP contribution in [-0.2, 0) is 4.79 Å². The molecule has 1 aromatic heterocycles. The number of carbonyl (C=O) groups excluding carboxylic acids is 1. The standard InChI is InChI=1S/C13H19N3O2/c1-10(17)16-7-4-11(5-8-16)9-18-13-12(14)3-2-6-15-13/h2-3,6,11H,4-5,7-9,14H2,1H3. The van der Waals surface area contributed by atoms with Crippen LogP contribution in [0.4, 0.5) is 5.69 Å². The molecule has 1 amide bonds. The fourth-order valence-electron chi connectivity index (χ4n) is 2.14. The second-order valence-electron chi connectivity index (χ2n) is 4.66. The summed E-state index contributed by atoms with van der Waals surface area (Å²) in [6, 6.07) is 3.56. The van der Waals surface area contributed by atoms with Gasteiger partial charge in [0.05, 0.1) is 12.3 Å². The zero-order valence-electron chi connectivity index (χ0n) is 10.6. The number of hydrogen-bond acceptors (Lipinski definition) is 4. The molecule has 2 rings (SSSR count). The molecule has 0 radical (unpaired) electrons. The maximum Gasteiger partial charge on any atom is 0.237 e. The van der Waals surface area contributed by atoms with Gasteiger partial charge in [-0.25, -0.2) is 4.98 Å². The highest BCUT2D eigenvalue weighted by Gasteiger charge is 2.21. The zero-order valence-corrected chi connectivity index (χ0v) is 10.6. The van der Waals surface area contributed by atoms with Gasteiger partial charge in [-0.05, 0) is 30.9 Å². The Hall–Kier alpha value is -1.78. The summed E-state index contributed by atoms with van der Waals surface area (Å²) in [5, 5.41) is 0. The van der Waals surface area contributed by atoms with Crippen LogP contribution in [0.5, 0.6) is 5.88 Å². The van der Waals surface area contributed by atoms with Crippen molar-refractivity contribution in [2.75, 3.05) is 25.4 Å². The molecule has 18 heavy (non-hydrogen) atoms. The van der Waals surface area contributed by atoms with Gasteiger partial charge in [-0.3, -0.25) is 4.79 Å². The molecule has 0 unspecified atom stereocenters. The minimum Gasteiger partial charge on any atom is -0.476 e. The summed E-state index contributed by atoms with van der Waals surface area (Å²) in [5.41, 5.74) is 6.33. The first-order valence-corrected chi connectivity index (χ1v) is 6.25. The monoisotopic (exact) mass is 249 g/mol. The van der Waals surface area contributed by atoms with E-state index in [1.54, 1.807) is 25.3 Å². The van der Waals surface area contributed by atoms with E-state index in [1.807, 2.05) is 4.90 Å². The molecule has 1 aliphatic rings. The van der Waals surface area contributed by atoms with Crippen LogP contribution in [-0.4, -0.2) is 35.5 Å². The van der Waals surface area contributed by atoms with Crippen molar-refractivity contribution in [3.05, 3.63) is 18.3 Å². The molecule has 98 valence electrons. The van der Waals surface area contributed by atoms with Crippen molar-refractivity contribution in [2.24, 2.45) is 5.92 Å². The molecule has 0 aliphatic carbocycles. The zero-order chi connectivity index (χ0) is 13.0. The van der Waals surface area contributed by atoms with E-state index in [9.17, 15) is 4.79 Å². The van der Waals surface area contributed by atoms with Crippen molar-refractivity contribution in [3.63, 3.8) is 0 Å². The number of rotatable bonds is 3. The largest absolute Gasteiger partial charge is 0.476 e. The van der Waals surface area contributed by atoms with E-state index in [0.717, 1.165) is 25.9 Å². The van der Waals surface area contributed by atoms with Gasteiger partial charge in [-0.2, -0.15) is 0 Å². The summed E-state index contributed by atoms with van der Waals surface area (Å²) in [4.78, 5) is 17.2. The predicted molar refractivity (Wildman–Crippen MR) is 69.1 cm³/mol. The van der Waals surface area contributed by atoms with Crippen LogP contribution < -0.4 is 10.5 Å². The normalized spacial score (nSPS) is 16.6. The summed E-state index contributed by atoms with van der Waals surface area (Å²) in [6.45, 7) is 3.88. The molecule has 0 aromatic carbocycles. The minimum atomic E-state index is 0.156. The second-order valence-corrected chi connectivity index (χ2v) is 4.66. The van der Waals surface area contributed by atoms with Crippen LogP contribution in [0.2, 0.25) is 0 Å². The third-order valence-corrected chi connectivity index (χ3v) is 3.32. The van der Waals surface area contributed by atoms with Gasteiger partial charge in [0, 0.05) is 26.2 Å². The van der Waals surface area contributed by atoms with Crippen LogP contribution in [0.3, 0.4) is 0 Å². The third kappa shape index (κ3) is 3.12. The third-order valence-electron chi connectivity index (χ3n) is 3.32. The van der Waals surface area contributed by atoms with Crippen LogP contribution in [0.25, 0.3) is 0 Å². The van der Waals surface area contributed by atoms with E-state index in [1.165, 1.54) is 0 Å². The predicted octanol–water partition coefficient (Wildman–Crippen LogP) is 1.30. The first kappa shape index (κ1) is 12.7. The maximum atomic E-state index is 11.2. The summed E-state index contributed by atoms with van der Waals surface area (Å²) < 4.78 is 5.63. The Morgan fingerprint density at radius 3 is 2.89 bits per heavy atom. The Kier molecular flexibility index (Phi) is 4.02. The van der Waals surface area contributed by atoms with Gasteiger partial charge in [-0.15, -0.1) is 0 Å². The number of likely N-dealkylation sites (tertiary alicyclic amines) is 1. The van der Waals surface area contributed by atoms with Crippen molar-refractivity contribution < 1.29 is 9.53 Å². The van der Waals surface area contributed by atoms with E-state index >= 15 is 0 Å². The van der Waals surface area contributed by atoms with Gasteiger partial charge in [0.1, 0.15) is 0 Å². The molecule has 2 N–H and O–H groups in total. The Labute approximate surface area is 107 Å². The number of pyridine rings is 1. The molecule has 0 atom stereocenters. The molecule has 0 saturated carbocycles. The smallest absolute Gasteiger partial charge is 0.237 e. The fourth-order valence-corrected chi connectivity index (χ4v) is 2.14. The highest BCUT2D eigenvalue weighted by atomic mass is 16.5. The number of nitrogens with zero attached hydrogens (tertiary/aromatic N) is 2. The highest BCUT2D eigenvalue weighted by molar-refractivity contribution is 5.73. The average Bonchev–Trinajstić information content (AvgIpc) is 2.38. The SMILES string of the molecule is CC(=O)N1CCC(COc2ncccc2N)CC1. The number of anilines is 1. The number of nitrogen functional groups attached to an aromatic ring is 1. The van der Waals surface area contributed by atoms with Crippen LogP contribution in [0.15, 0.2) is 18.3 Å². The Bertz CT molecular complexity index is 414. The van der Waals surface area contributed by atoms with E-state index in [4.69, 9.17) is 10.5 Å². The Balaban J connectivity index is 1.79. The van der Waals surface area contributed by atoms with Crippen molar-refractivity contribution in [1.29, 1.82) is 0 Å². The van der Waals surface area contributed by atoms with Crippen molar-refractivity contribution in [1.82, 2.24) is 9.88 Å². The van der Waals surface area contributed by atoms with E-state index in [0.29, 0.717) is 24.1 Å². The summed E-state index contributed by atoms with van der Waals surface area (Å²) in [7, 11) is 0. The lowest BCUT2D eigenvalue weighted by molar-refractivity contribution is -0.130. The van der Waals surface area contributed by atoms with E-state index < -0.39 is 0 Å². The molecule has 1 aromatic rings. The van der Waals surface area contributed by atoms with Crippen LogP contribution >= 0.6 is 0 Å². The number of nitrogens with two attached hydrogens (primary N) is 1. The van der Waals surface area contributed by atoms with Crippen LogP contribution in [0, 0.1) is 5.92 Å². The molecule has 1 aliphatic heterocycles. The molecule has 2 heterocycles. The number of carbonyl (C=O) groups is 1. The van der Waals surface area contributed by atoms with Gasteiger partial charge >= 0.3 is 0 Å². The quantitative estimate of drug-likeness (QED) is 0.876. The fraction of sp³-hybridized carbons (Fsp3) is 0.538. The van der Waals surface area contributed by atoms with E-state index in [2.05, 4.69) is 4.98 Å². The molecule has 1 fully saturated rings. The molecule has 5 nitrogen and oxygen atoms in total. The average molecular weight is 249 g/mol. The number of piperidine rings is 1. The summed E-state index contributed by atoms with van der Waals surface area (Å²) in [6.07, 6.45) is 3.63. The van der Waals surface area contributed by atoms with Crippen molar-refractivity contribution >= 4 is 11.6 Å². The lowest BCUT2D eigenvalue weighted by Crippen LogP contribution is -2.38. The minimum absolute atomic E-state index is 0.156. The topological polar surface area (TPSA) is 68.5 Å². The first-order chi connectivity index (χ1) is 8.66. The van der Waals surface area contributed by atoms with Crippen molar-refractivity contribution in [2.45, 2.75) is 19.8 Å². The molecular weight excluding hydrogens is 230 g/mol. The first-order valence-electron chi connectivity index (χ1n) is 6.25. The molecule has 1 saturated heterocycles. The Morgan fingerprint density at radius 1 is 1.56 bits per heavy atom. The van der Waals surface area contributed by atoms with Gasteiger partial charge in [0.15, 0.2) is 0 Å². The summed E-state index contributed by atoms with van der Waals surface area (Å²) in [5.74, 6) is 1.14. The number of amides is 1. The lowest BCUT2D eigenvalue weighted by Gasteiger charge is -2.31. The molecule has 0 spiro atoms. The molecule has 0 bridgehead atoms. The molecular formula is C13H19N3O2. The van der Waals surface area contributed by atoms with Crippen molar-refractivity contribution in [3.8, 4) is 5.88 Å².